The minimum absolute atomic E-state index is 0.200. The molecule has 0 saturated carbocycles. The van der Waals surface area contributed by atoms with Gasteiger partial charge in [-0.25, -0.2) is 4.79 Å². The number of Topliss-reactive ketones (excluding diaryl/α,β-unsaturated/α-hetero) is 1. The Morgan fingerprint density at radius 3 is 2.57 bits per heavy atom. The molecule has 1 aromatic carbocycles. The van der Waals surface area contributed by atoms with Crippen LogP contribution in [0.4, 0.5) is 5.82 Å². The molecule has 2 rings (SSSR count). The number of ketones is 1. The Labute approximate surface area is 144 Å². The zero-order valence-corrected chi connectivity index (χ0v) is 14.6. The third-order valence-electron chi connectivity index (χ3n) is 3.24. The van der Waals surface area contributed by atoms with E-state index in [1.54, 1.807) is 18.2 Å². The van der Waals surface area contributed by atoms with Crippen LogP contribution in [0.3, 0.4) is 0 Å². The van der Waals surface area contributed by atoms with Crippen LogP contribution in [0.2, 0.25) is 5.02 Å². The molecule has 7 nitrogen and oxygen atoms in total. The summed E-state index contributed by atoms with van der Waals surface area (Å²) in [6.07, 6.45) is 0. The predicted molar refractivity (Wildman–Crippen MR) is 90.3 cm³/mol. The number of ether oxygens (including phenoxy) is 1. The van der Waals surface area contributed by atoms with E-state index in [9.17, 15) is 14.4 Å². The van der Waals surface area contributed by atoms with Crippen molar-refractivity contribution in [1.29, 1.82) is 0 Å². The lowest BCUT2D eigenvalue weighted by atomic mass is 10.2. The van der Waals surface area contributed by atoms with Gasteiger partial charge >= 0.3 is 5.69 Å². The van der Waals surface area contributed by atoms with Gasteiger partial charge in [-0.15, -0.1) is 0 Å². The average molecular weight is 403 g/mol. The summed E-state index contributed by atoms with van der Waals surface area (Å²) in [7, 11) is 2.65. The molecule has 0 atom stereocenters. The predicted octanol–water partition coefficient (Wildman–Crippen LogP) is 1.34. The van der Waals surface area contributed by atoms with Crippen molar-refractivity contribution in [2.45, 2.75) is 0 Å². The van der Waals surface area contributed by atoms with E-state index in [1.165, 1.54) is 14.1 Å². The summed E-state index contributed by atoms with van der Waals surface area (Å²) < 4.78 is 7.94. The molecule has 9 heteroatoms. The number of hydrogen-bond donors (Lipinski definition) is 1. The SMILES string of the molecule is Cn1c(N)c(C(=O)COc2ccc(Br)cc2Cl)c(=O)n(C)c1=O. The highest BCUT2D eigenvalue weighted by atomic mass is 79.9. The molecule has 23 heavy (non-hydrogen) atoms. The van der Waals surface area contributed by atoms with Gasteiger partial charge in [0.1, 0.15) is 17.1 Å². The van der Waals surface area contributed by atoms with Crippen LogP contribution in [0.25, 0.3) is 0 Å². The first-order valence-electron chi connectivity index (χ1n) is 6.40. The standard InChI is InChI=1S/C14H13BrClN3O4/c1-18-12(17)11(13(21)19(2)14(18)22)9(20)6-23-10-4-3-7(15)5-8(10)16/h3-5H,6,17H2,1-2H3. The van der Waals surface area contributed by atoms with Crippen molar-refractivity contribution in [2.24, 2.45) is 14.1 Å². The third-order valence-corrected chi connectivity index (χ3v) is 4.03. The summed E-state index contributed by atoms with van der Waals surface area (Å²) in [4.78, 5) is 36.1. The Morgan fingerprint density at radius 1 is 1.30 bits per heavy atom. The molecule has 122 valence electrons. The van der Waals surface area contributed by atoms with Crippen molar-refractivity contribution in [3.05, 3.63) is 54.1 Å². The monoisotopic (exact) mass is 401 g/mol. The molecule has 2 aromatic rings. The van der Waals surface area contributed by atoms with Gasteiger partial charge in [-0.1, -0.05) is 27.5 Å². The fourth-order valence-corrected chi connectivity index (χ4v) is 2.66. The number of carbonyl (C=O) groups is 1. The Bertz CT molecular complexity index is 904. The molecule has 0 radical (unpaired) electrons. The van der Waals surface area contributed by atoms with Crippen LogP contribution in [0.1, 0.15) is 10.4 Å². The summed E-state index contributed by atoms with van der Waals surface area (Å²) in [6, 6.07) is 4.90. The smallest absolute Gasteiger partial charge is 0.332 e. The van der Waals surface area contributed by atoms with E-state index < -0.39 is 23.6 Å². The van der Waals surface area contributed by atoms with Gasteiger partial charge in [0.25, 0.3) is 5.56 Å². The van der Waals surface area contributed by atoms with E-state index in [1.807, 2.05) is 0 Å². The number of halogens is 2. The van der Waals surface area contributed by atoms with Gasteiger partial charge in [0.2, 0.25) is 5.78 Å². The van der Waals surface area contributed by atoms with Gasteiger partial charge < -0.3 is 10.5 Å². The first kappa shape index (κ1) is 17.3. The number of nitrogens with two attached hydrogens (primary N) is 1. The normalized spacial score (nSPS) is 10.6. The van der Waals surface area contributed by atoms with E-state index in [0.717, 1.165) is 13.6 Å². The van der Waals surface area contributed by atoms with Gasteiger partial charge in [0, 0.05) is 18.6 Å². The molecule has 0 unspecified atom stereocenters. The summed E-state index contributed by atoms with van der Waals surface area (Å²) in [5.41, 5.74) is 4.05. The second-order valence-electron chi connectivity index (χ2n) is 4.75. The van der Waals surface area contributed by atoms with Gasteiger partial charge in [0.15, 0.2) is 6.61 Å². The summed E-state index contributed by atoms with van der Waals surface area (Å²) in [5.74, 6) is -0.547. The highest BCUT2D eigenvalue weighted by Crippen LogP contribution is 2.27. The minimum Gasteiger partial charge on any atom is -0.484 e. The molecule has 0 amide bonds. The first-order chi connectivity index (χ1) is 10.7. The molecule has 2 N–H and O–H groups in total. The molecule has 1 heterocycles. The van der Waals surface area contributed by atoms with Gasteiger partial charge in [-0.05, 0) is 18.2 Å². The van der Waals surface area contributed by atoms with E-state index >= 15 is 0 Å². The number of rotatable bonds is 4. The quantitative estimate of drug-likeness (QED) is 0.779. The lowest BCUT2D eigenvalue weighted by molar-refractivity contribution is 0.0919. The second kappa shape index (κ2) is 6.59. The van der Waals surface area contributed by atoms with Gasteiger partial charge in [-0.3, -0.25) is 18.7 Å². The van der Waals surface area contributed by atoms with Crippen molar-refractivity contribution in [1.82, 2.24) is 9.13 Å². The van der Waals surface area contributed by atoms with Crippen LogP contribution < -0.4 is 21.7 Å². The Kier molecular flexibility index (Phi) is 4.96. The fraction of sp³-hybridized carbons (Fsp3) is 0.214. The van der Waals surface area contributed by atoms with Gasteiger partial charge in [-0.2, -0.15) is 0 Å². The van der Waals surface area contributed by atoms with Crippen LogP contribution in [0.15, 0.2) is 32.3 Å². The lowest BCUT2D eigenvalue weighted by Gasteiger charge is -2.12. The maximum Gasteiger partial charge on any atom is 0.332 e. The van der Waals surface area contributed by atoms with E-state index in [0.29, 0.717) is 10.8 Å². The molecule has 0 saturated heterocycles. The van der Waals surface area contributed by atoms with Crippen LogP contribution in [0.5, 0.6) is 5.75 Å². The number of hydrogen-bond acceptors (Lipinski definition) is 5. The molecule has 0 fully saturated rings. The Balaban J connectivity index is 2.32. The number of carbonyl (C=O) groups excluding carboxylic acids is 1. The zero-order chi connectivity index (χ0) is 17.3. The largest absolute Gasteiger partial charge is 0.484 e. The highest BCUT2D eigenvalue weighted by Gasteiger charge is 2.20. The average Bonchev–Trinajstić information content (AvgIpc) is 2.50. The fourth-order valence-electron chi connectivity index (χ4n) is 1.93. The number of benzene rings is 1. The first-order valence-corrected chi connectivity index (χ1v) is 7.57. The molecule has 0 bridgehead atoms. The molecule has 0 aliphatic rings. The second-order valence-corrected chi connectivity index (χ2v) is 6.08. The van der Waals surface area contributed by atoms with Crippen molar-refractivity contribution >= 4 is 39.1 Å². The lowest BCUT2D eigenvalue weighted by Crippen LogP contribution is -2.42. The van der Waals surface area contributed by atoms with Crippen LogP contribution in [-0.4, -0.2) is 21.5 Å². The topological polar surface area (TPSA) is 96.3 Å². The van der Waals surface area contributed by atoms with Crippen molar-refractivity contribution < 1.29 is 9.53 Å². The van der Waals surface area contributed by atoms with Crippen molar-refractivity contribution in [2.75, 3.05) is 12.3 Å². The third kappa shape index (κ3) is 3.32. The molecular formula is C14H13BrClN3O4. The van der Waals surface area contributed by atoms with E-state index in [2.05, 4.69) is 15.9 Å². The maximum absolute atomic E-state index is 12.3. The Morgan fingerprint density at radius 2 is 1.96 bits per heavy atom. The summed E-state index contributed by atoms with van der Waals surface area (Å²) in [6.45, 7) is -0.432. The zero-order valence-electron chi connectivity index (χ0n) is 12.3. The van der Waals surface area contributed by atoms with Gasteiger partial charge in [0.05, 0.1) is 5.02 Å². The van der Waals surface area contributed by atoms with E-state index in [-0.39, 0.29) is 11.4 Å². The number of nitrogen functional groups attached to an aromatic ring is 1. The van der Waals surface area contributed by atoms with Crippen LogP contribution in [0, 0.1) is 0 Å². The number of anilines is 1. The molecule has 0 spiro atoms. The van der Waals surface area contributed by atoms with Crippen LogP contribution in [-0.2, 0) is 14.1 Å². The molecule has 0 aliphatic heterocycles. The maximum atomic E-state index is 12.3. The van der Waals surface area contributed by atoms with Crippen molar-refractivity contribution in [3.63, 3.8) is 0 Å². The number of aromatic nitrogens is 2. The number of nitrogens with zero attached hydrogens (tertiary/aromatic N) is 2. The van der Waals surface area contributed by atoms with E-state index in [4.69, 9.17) is 22.1 Å². The van der Waals surface area contributed by atoms with Crippen molar-refractivity contribution in [3.8, 4) is 5.75 Å². The molecular weight excluding hydrogens is 390 g/mol. The molecule has 1 aromatic heterocycles. The summed E-state index contributed by atoms with van der Waals surface area (Å²) >= 11 is 9.25. The Hall–Kier alpha value is -2.06. The van der Waals surface area contributed by atoms with Crippen LogP contribution >= 0.6 is 27.5 Å². The minimum atomic E-state index is -0.763. The molecule has 0 aliphatic carbocycles. The summed E-state index contributed by atoms with van der Waals surface area (Å²) in [5, 5.41) is 0.313. The highest BCUT2D eigenvalue weighted by molar-refractivity contribution is 9.10.